The standard InChI is InChI=1S/C17H16BrNO2/c1-19-15-6-4-3-5-13(15)14(17(19)20)10-11-9-12(18)7-8-16(11)21-2/h3-9,14H,10H2,1-2H3. The third kappa shape index (κ3) is 2.44. The first kappa shape index (κ1) is 14.1. The minimum atomic E-state index is -0.144. The number of carbonyl (C=O) groups is 1. The third-order valence-electron chi connectivity index (χ3n) is 3.97. The van der Waals surface area contributed by atoms with E-state index in [1.165, 1.54) is 0 Å². The first-order chi connectivity index (χ1) is 10.1. The lowest BCUT2D eigenvalue weighted by Crippen LogP contribution is -2.25. The van der Waals surface area contributed by atoms with Gasteiger partial charge in [-0.25, -0.2) is 0 Å². The lowest BCUT2D eigenvalue weighted by molar-refractivity contribution is -0.119. The average molecular weight is 346 g/mol. The average Bonchev–Trinajstić information content (AvgIpc) is 2.73. The number of para-hydroxylation sites is 1. The van der Waals surface area contributed by atoms with E-state index in [-0.39, 0.29) is 11.8 Å². The molecule has 3 rings (SSSR count). The second kappa shape index (κ2) is 5.53. The number of fused-ring (bicyclic) bond motifs is 1. The highest BCUT2D eigenvalue weighted by molar-refractivity contribution is 9.10. The molecule has 0 N–H and O–H groups in total. The number of methoxy groups -OCH3 is 1. The number of hydrogen-bond donors (Lipinski definition) is 0. The number of ether oxygens (including phenoxy) is 1. The molecule has 0 aromatic heterocycles. The topological polar surface area (TPSA) is 29.5 Å². The van der Waals surface area contributed by atoms with E-state index in [9.17, 15) is 4.79 Å². The molecule has 0 aliphatic carbocycles. The van der Waals surface area contributed by atoms with Crippen molar-refractivity contribution in [3.05, 3.63) is 58.1 Å². The van der Waals surface area contributed by atoms with Crippen LogP contribution in [0.15, 0.2) is 46.9 Å². The first-order valence-electron chi connectivity index (χ1n) is 6.80. The number of likely N-dealkylation sites (N-methyl/N-ethyl adjacent to an activating group) is 1. The zero-order chi connectivity index (χ0) is 15.0. The van der Waals surface area contributed by atoms with Gasteiger partial charge in [0.25, 0.3) is 0 Å². The van der Waals surface area contributed by atoms with E-state index in [1.807, 2.05) is 49.5 Å². The van der Waals surface area contributed by atoms with Crippen LogP contribution in [0.4, 0.5) is 5.69 Å². The molecule has 1 aliphatic heterocycles. The minimum absolute atomic E-state index is 0.137. The fourth-order valence-corrected chi connectivity index (χ4v) is 3.31. The van der Waals surface area contributed by atoms with Crippen LogP contribution >= 0.6 is 15.9 Å². The largest absolute Gasteiger partial charge is 0.496 e. The summed E-state index contributed by atoms with van der Waals surface area (Å²) < 4.78 is 6.41. The Kier molecular flexibility index (Phi) is 3.72. The predicted molar refractivity (Wildman–Crippen MR) is 87.0 cm³/mol. The highest BCUT2D eigenvalue weighted by atomic mass is 79.9. The van der Waals surface area contributed by atoms with Crippen molar-refractivity contribution in [1.29, 1.82) is 0 Å². The molecule has 1 aliphatic rings. The molecule has 0 spiro atoms. The van der Waals surface area contributed by atoms with Gasteiger partial charge in [0.1, 0.15) is 5.75 Å². The van der Waals surface area contributed by atoms with Crippen molar-refractivity contribution >= 4 is 27.5 Å². The summed E-state index contributed by atoms with van der Waals surface area (Å²) in [6.45, 7) is 0. The molecule has 1 unspecified atom stereocenters. The predicted octanol–water partition coefficient (Wildman–Crippen LogP) is 3.76. The monoisotopic (exact) mass is 345 g/mol. The lowest BCUT2D eigenvalue weighted by Gasteiger charge is -2.14. The number of amides is 1. The maximum atomic E-state index is 12.5. The summed E-state index contributed by atoms with van der Waals surface area (Å²) >= 11 is 3.48. The van der Waals surface area contributed by atoms with Crippen LogP contribution in [0, 0.1) is 0 Å². The van der Waals surface area contributed by atoms with Crippen LogP contribution in [0.1, 0.15) is 17.0 Å². The van der Waals surface area contributed by atoms with E-state index in [0.717, 1.165) is 27.0 Å². The highest BCUT2D eigenvalue weighted by Crippen LogP contribution is 2.39. The maximum Gasteiger partial charge on any atom is 0.234 e. The van der Waals surface area contributed by atoms with Gasteiger partial charge in [0, 0.05) is 17.2 Å². The Morgan fingerprint density at radius 1 is 1.24 bits per heavy atom. The number of rotatable bonds is 3. The SMILES string of the molecule is COc1ccc(Br)cc1CC1C(=O)N(C)c2ccccc21. The van der Waals surface area contributed by atoms with Gasteiger partial charge in [0.05, 0.1) is 13.0 Å². The maximum absolute atomic E-state index is 12.5. The molecule has 0 bridgehead atoms. The molecule has 2 aromatic carbocycles. The lowest BCUT2D eigenvalue weighted by atomic mass is 9.93. The molecular formula is C17H16BrNO2. The highest BCUT2D eigenvalue weighted by Gasteiger charge is 2.35. The second-order valence-electron chi connectivity index (χ2n) is 5.17. The van der Waals surface area contributed by atoms with Crippen molar-refractivity contribution in [2.24, 2.45) is 0 Å². The van der Waals surface area contributed by atoms with E-state index in [4.69, 9.17) is 4.74 Å². The van der Waals surface area contributed by atoms with Gasteiger partial charge < -0.3 is 9.64 Å². The van der Waals surface area contributed by atoms with Crippen LogP contribution in [-0.2, 0) is 11.2 Å². The summed E-state index contributed by atoms with van der Waals surface area (Å²) in [5.74, 6) is 0.811. The van der Waals surface area contributed by atoms with Crippen molar-refractivity contribution in [2.75, 3.05) is 19.1 Å². The van der Waals surface area contributed by atoms with Gasteiger partial charge in [-0.05, 0) is 41.8 Å². The van der Waals surface area contributed by atoms with Gasteiger partial charge in [-0.3, -0.25) is 4.79 Å². The Balaban J connectivity index is 1.99. The number of benzene rings is 2. The molecule has 1 atom stereocenters. The van der Waals surface area contributed by atoms with E-state index in [2.05, 4.69) is 15.9 Å². The number of hydrogen-bond acceptors (Lipinski definition) is 2. The smallest absolute Gasteiger partial charge is 0.234 e. The van der Waals surface area contributed by atoms with Crippen LogP contribution in [-0.4, -0.2) is 20.1 Å². The normalized spacial score (nSPS) is 17.0. The van der Waals surface area contributed by atoms with Gasteiger partial charge in [-0.1, -0.05) is 34.1 Å². The van der Waals surface area contributed by atoms with Crippen molar-refractivity contribution < 1.29 is 9.53 Å². The molecular weight excluding hydrogens is 330 g/mol. The van der Waals surface area contributed by atoms with Crippen LogP contribution in [0.25, 0.3) is 0 Å². The van der Waals surface area contributed by atoms with Gasteiger partial charge in [-0.15, -0.1) is 0 Å². The number of halogens is 1. The molecule has 108 valence electrons. The zero-order valence-electron chi connectivity index (χ0n) is 12.0. The van der Waals surface area contributed by atoms with Crippen LogP contribution in [0.2, 0.25) is 0 Å². The molecule has 0 fully saturated rings. The summed E-state index contributed by atoms with van der Waals surface area (Å²) in [5.41, 5.74) is 3.13. The van der Waals surface area contributed by atoms with Crippen LogP contribution in [0.3, 0.4) is 0 Å². The summed E-state index contributed by atoms with van der Waals surface area (Å²) in [5, 5.41) is 0. The van der Waals surface area contributed by atoms with Gasteiger partial charge in [-0.2, -0.15) is 0 Å². The Labute approximate surface area is 132 Å². The fraction of sp³-hybridized carbons (Fsp3) is 0.235. The van der Waals surface area contributed by atoms with E-state index in [1.54, 1.807) is 12.0 Å². The van der Waals surface area contributed by atoms with Gasteiger partial charge in [0.15, 0.2) is 0 Å². The zero-order valence-corrected chi connectivity index (χ0v) is 13.6. The van der Waals surface area contributed by atoms with E-state index >= 15 is 0 Å². The van der Waals surface area contributed by atoms with Gasteiger partial charge >= 0.3 is 0 Å². The van der Waals surface area contributed by atoms with Crippen molar-refractivity contribution in [1.82, 2.24) is 0 Å². The summed E-state index contributed by atoms with van der Waals surface area (Å²) in [6.07, 6.45) is 0.642. The molecule has 1 heterocycles. The Bertz CT molecular complexity index is 699. The van der Waals surface area contributed by atoms with E-state index < -0.39 is 0 Å². The van der Waals surface area contributed by atoms with E-state index in [0.29, 0.717) is 6.42 Å². The van der Waals surface area contributed by atoms with Gasteiger partial charge in [0.2, 0.25) is 5.91 Å². The number of anilines is 1. The number of nitrogens with zero attached hydrogens (tertiary/aromatic N) is 1. The Hall–Kier alpha value is -1.81. The molecule has 0 saturated heterocycles. The molecule has 3 nitrogen and oxygen atoms in total. The Morgan fingerprint density at radius 2 is 2.00 bits per heavy atom. The second-order valence-corrected chi connectivity index (χ2v) is 6.08. The molecule has 1 amide bonds. The summed E-state index contributed by atoms with van der Waals surface area (Å²) in [7, 11) is 3.49. The molecule has 0 saturated carbocycles. The Morgan fingerprint density at radius 3 is 2.76 bits per heavy atom. The molecule has 4 heteroatoms. The van der Waals surface area contributed by atoms with Crippen LogP contribution in [0.5, 0.6) is 5.75 Å². The molecule has 0 radical (unpaired) electrons. The van der Waals surface area contributed by atoms with Crippen LogP contribution < -0.4 is 9.64 Å². The summed E-state index contributed by atoms with van der Waals surface area (Å²) in [4.78, 5) is 14.3. The van der Waals surface area contributed by atoms with Crippen molar-refractivity contribution in [3.63, 3.8) is 0 Å². The quantitative estimate of drug-likeness (QED) is 0.847. The minimum Gasteiger partial charge on any atom is -0.496 e. The first-order valence-corrected chi connectivity index (χ1v) is 7.60. The fourth-order valence-electron chi connectivity index (χ4n) is 2.90. The van der Waals surface area contributed by atoms with Crippen molar-refractivity contribution in [2.45, 2.75) is 12.3 Å². The molecule has 21 heavy (non-hydrogen) atoms. The number of carbonyl (C=O) groups excluding carboxylic acids is 1. The molecule has 2 aromatic rings. The third-order valence-corrected chi connectivity index (χ3v) is 4.46. The summed E-state index contributed by atoms with van der Waals surface area (Å²) in [6, 6.07) is 13.9. The van der Waals surface area contributed by atoms with Crippen molar-refractivity contribution in [3.8, 4) is 5.75 Å².